The van der Waals surface area contributed by atoms with Crippen molar-refractivity contribution in [2.24, 2.45) is 0 Å². The second-order valence-electron chi connectivity index (χ2n) is 5.66. The third-order valence-corrected chi connectivity index (χ3v) is 4.37. The van der Waals surface area contributed by atoms with Crippen LogP contribution in [0.2, 0.25) is 10.0 Å². The fraction of sp³-hybridized carbons (Fsp3) is 0.444. The van der Waals surface area contributed by atoms with Gasteiger partial charge in [0.2, 0.25) is 0 Å². The fourth-order valence-electron chi connectivity index (χ4n) is 2.68. The van der Waals surface area contributed by atoms with E-state index >= 15 is 0 Å². The normalized spacial score (nSPS) is 16.8. The molecule has 142 valence electrons. The van der Waals surface area contributed by atoms with Crippen molar-refractivity contribution in [3.63, 3.8) is 0 Å². The number of benzene rings is 1. The lowest BCUT2D eigenvalue weighted by molar-refractivity contribution is -0.139. The van der Waals surface area contributed by atoms with E-state index in [1.165, 1.54) is 0 Å². The number of nitrogens with one attached hydrogen (secondary N) is 2. The smallest absolute Gasteiger partial charge is 0.338 e. The molecule has 0 spiro atoms. The van der Waals surface area contributed by atoms with Gasteiger partial charge < -0.3 is 20.1 Å². The number of hydrogen-bond donors (Lipinski definition) is 2. The van der Waals surface area contributed by atoms with Crippen LogP contribution in [0.3, 0.4) is 0 Å². The highest BCUT2D eigenvalue weighted by Crippen LogP contribution is 2.38. The van der Waals surface area contributed by atoms with Crippen LogP contribution in [0.4, 0.5) is 4.79 Å². The largest absolute Gasteiger partial charge is 0.490 e. The van der Waals surface area contributed by atoms with Crippen molar-refractivity contribution in [3.05, 3.63) is 39.0 Å². The first-order valence-electron chi connectivity index (χ1n) is 8.52. The van der Waals surface area contributed by atoms with Crippen molar-refractivity contribution in [1.29, 1.82) is 0 Å². The summed E-state index contributed by atoms with van der Waals surface area (Å²) in [7, 11) is 0. The van der Waals surface area contributed by atoms with Gasteiger partial charge in [-0.3, -0.25) is 0 Å². The van der Waals surface area contributed by atoms with Crippen LogP contribution in [0.15, 0.2) is 23.4 Å². The molecule has 1 aromatic rings. The van der Waals surface area contributed by atoms with Crippen molar-refractivity contribution in [1.82, 2.24) is 10.6 Å². The molecule has 0 aliphatic carbocycles. The van der Waals surface area contributed by atoms with Gasteiger partial charge in [-0.2, -0.15) is 0 Å². The monoisotopic (exact) mass is 400 g/mol. The van der Waals surface area contributed by atoms with E-state index in [1.54, 1.807) is 19.1 Å². The van der Waals surface area contributed by atoms with Crippen LogP contribution in [0.25, 0.3) is 0 Å². The van der Waals surface area contributed by atoms with Crippen LogP contribution in [-0.2, 0) is 9.53 Å². The molecule has 1 unspecified atom stereocenters. The number of ether oxygens (including phenoxy) is 2. The maximum Gasteiger partial charge on any atom is 0.338 e. The highest BCUT2D eigenvalue weighted by Gasteiger charge is 2.33. The first-order valence-corrected chi connectivity index (χ1v) is 9.27. The molecule has 1 aromatic carbocycles. The van der Waals surface area contributed by atoms with Crippen LogP contribution < -0.4 is 15.4 Å². The molecule has 8 heteroatoms. The average Bonchev–Trinajstić information content (AvgIpc) is 2.60. The standard InChI is InChI=1S/C18H22Cl2N2O4/c1-4-7-26-16-11(19)8-10(9-12(16)20)15-14(17(23)25-6-3)13(5-2)21-18(24)22-15/h8-9,15H,4-7H2,1-3H3,(H2,21,22,24). The fourth-order valence-corrected chi connectivity index (χ4v) is 3.30. The van der Waals surface area contributed by atoms with Gasteiger partial charge in [-0.1, -0.05) is 37.0 Å². The Hall–Kier alpha value is -1.92. The van der Waals surface area contributed by atoms with Crippen LogP contribution in [0.1, 0.15) is 45.2 Å². The lowest BCUT2D eigenvalue weighted by atomic mass is 9.94. The lowest BCUT2D eigenvalue weighted by Gasteiger charge is -2.29. The van der Waals surface area contributed by atoms with Crippen molar-refractivity contribution < 1.29 is 19.1 Å². The number of allylic oxidation sites excluding steroid dienone is 1. The molecule has 2 amide bonds. The van der Waals surface area contributed by atoms with Crippen molar-refractivity contribution >= 4 is 35.2 Å². The summed E-state index contributed by atoms with van der Waals surface area (Å²) in [5, 5.41) is 6.03. The first kappa shape index (κ1) is 20.4. The summed E-state index contributed by atoms with van der Waals surface area (Å²) in [5.74, 6) is -0.114. The molecule has 0 saturated heterocycles. The molecular weight excluding hydrogens is 379 g/mol. The number of carbonyl (C=O) groups excluding carboxylic acids is 2. The zero-order valence-electron chi connectivity index (χ0n) is 14.9. The molecule has 0 radical (unpaired) electrons. The molecule has 26 heavy (non-hydrogen) atoms. The van der Waals surface area contributed by atoms with Gasteiger partial charge in [0.25, 0.3) is 0 Å². The Morgan fingerprint density at radius 2 is 1.85 bits per heavy atom. The SMILES string of the molecule is CCCOc1c(Cl)cc(C2NC(=O)NC(CC)=C2C(=O)OCC)cc1Cl. The quantitative estimate of drug-likeness (QED) is 0.666. The third kappa shape index (κ3) is 4.43. The van der Waals surface area contributed by atoms with Crippen LogP contribution >= 0.6 is 23.2 Å². The molecule has 2 N–H and O–H groups in total. The highest BCUT2D eigenvalue weighted by atomic mass is 35.5. The van der Waals surface area contributed by atoms with E-state index in [4.69, 9.17) is 32.7 Å². The first-order chi connectivity index (χ1) is 12.4. The summed E-state index contributed by atoms with van der Waals surface area (Å²) in [6.45, 7) is 6.26. The summed E-state index contributed by atoms with van der Waals surface area (Å²) in [5.41, 5.74) is 1.42. The van der Waals surface area contributed by atoms with Crippen molar-refractivity contribution in [2.75, 3.05) is 13.2 Å². The van der Waals surface area contributed by atoms with Crippen molar-refractivity contribution in [2.45, 2.75) is 39.7 Å². The number of hydrogen-bond acceptors (Lipinski definition) is 4. The predicted octanol–water partition coefficient (Wildman–Crippen LogP) is 4.36. The van der Waals surface area contributed by atoms with Crippen LogP contribution in [0, 0.1) is 0 Å². The molecular formula is C18H22Cl2N2O4. The summed E-state index contributed by atoms with van der Waals surface area (Å²) < 4.78 is 10.7. The van der Waals surface area contributed by atoms with Gasteiger partial charge in [-0.15, -0.1) is 0 Å². The Labute approximate surface area is 162 Å². The van der Waals surface area contributed by atoms with E-state index < -0.39 is 18.0 Å². The van der Waals surface area contributed by atoms with E-state index in [1.807, 2.05) is 13.8 Å². The Morgan fingerprint density at radius 3 is 2.38 bits per heavy atom. The Kier molecular flexibility index (Phi) is 7.17. The number of halogens is 2. The van der Waals surface area contributed by atoms with E-state index in [0.717, 1.165) is 6.42 Å². The Balaban J connectivity index is 2.49. The number of carbonyl (C=O) groups is 2. The number of rotatable bonds is 7. The molecule has 0 fully saturated rings. The molecule has 1 aliphatic heterocycles. The molecule has 0 bridgehead atoms. The second-order valence-corrected chi connectivity index (χ2v) is 6.47. The Bertz CT molecular complexity index is 711. The van der Waals surface area contributed by atoms with E-state index in [-0.39, 0.29) is 6.61 Å². The van der Waals surface area contributed by atoms with E-state index in [9.17, 15) is 9.59 Å². The molecule has 0 aromatic heterocycles. The maximum atomic E-state index is 12.5. The van der Waals surface area contributed by atoms with E-state index in [0.29, 0.717) is 45.7 Å². The summed E-state index contributed by atoms with van der Waals surface area (Å²) >= 11 is 12.6. The highest BCUT2D eigenvalue weighted by molar-refractivity contribution is 6.37. The number of esters is 1. The van der Waals surface area contributed by atoms with Crippen LogP contribution in [-0.4, -0.2) is 25.2 Å². The van der Waals surface area contributed by atoms with Crippen LogP contribution in [0.5, 0.6) is 5.75 Å². The Morgan fingerprint density at radius 1 is 1.19 bits per heavy atom. The van der Waals surface area contributed by atoms with Gasteiger partial charge in [0, 0.05) is 5.70 Å². The van der Waals surface area contributed by atoms with Gasteiger partial charge >= 0.3 is 12.0 Å². The maximum absolute atomic E-state index is 12.5. The summed E-state index contributed by atoms with van der Waals surface area (Å²) in [6.07, 6.45) is 1.28. The van der Waals surface area contributed by atoms with Gasteiger partial charge in [0.05, 0.1) is 34.9 Å². The molecule has 2 rings (SSSR count). The topological polar surface area (TPSA) is 76.7 Å². The van der Waals surface area contributed by atoms with Gasteiger partial charge in [-0.25, -0.2) is 9.59 Å². The van der Waals surface area contributed by atoms with Gasteiger partial charge in [0.15, 0.2) is 5.75 Å². The molecule has 1 aliphatic rings. The summed E-state index contributed by atoms with van der Waals surface area (Å²) in [4.78, 5) is 24.5. The van der Waals surface area contributed by atoms with Gasteiger partial charge in [0.1, 0.15) is 0 Å². The van der Waals surface area contributed by atoms with Gasteiger partial charge in [-0.05, 0) is 37.5 Å². The minimum Gasteiger partial charge on any atom is -0.490 e. The average molecular weight is 401 g/mol. The van der Waals surface area contributed by atoms with E-state index in [2.05, 4.69) is 10.6 Å². The number of amides is 2. The molecule has 6 nitrogen and oxygen atoms in total. The van der Waals surface area contributed by atoms with Crippen molar-refractivity contribution in [3.8, 4) is 5.75 Å². The molecule has 0 saturated carbocycles. The third-order valence-electron chi connectivity index (χ3n) is 3.81. The number of urea groups is 1. The minimum atomic E-state index is -0.715. The summed E-state index contributed by atoms with van der Waals surface area (Å²) in [6, 6.07) is 2.16. The molecule has 1 heterocycles. The predicted molar refractivity (Wildman–Crippen MR) is 101 cm³/mol. The zero-order valence-corrected chi connectivity index (χ0v) is 16.5. The minimum absolute atomic E-state index is 0.227. The zero-order chi connectivity index (χ0) is 19.3. The molecule has 1 atom stereocenters. The lowest BCUT2D eigenvalue weighted by Crippen LogP contribution is -2.45. The second kappa shape index (κ2) is 9.14.